The molecule has 0 saturated carbocycles. The number of hydrogen-bond acceptors (Lipinski definition) is 3. The van der Waals surface area contributed by atoms with E-state index in [2.05, 4.69) is 29.7 Å². The van der Waals surface area contributed by atoms with Gasteiger partial charge in [-0.1, -0.05) is 32.0 Å². The van der Waals surface area contributed by atoms with Gasteiger partial charge >= 0.3 is 0 Å². The molecule has 2 N–H and O–H groups in total. The molecule has 1 aliphatic rings. The SMILES string of the molecule is CCNC(=NCCc1cc2ccccc2o1)NC1CCN(C(=O)C(C)C)CC1. The number of aliphatic imine (C=N–C) groups is 1. The Morgan fingerprint density at radius 3 is 2.71 bits per heavy atom. The van der Waals surface area contributed by atoms with Gasteiger partial charge in [0.05, 0.1) is 0 Å². The second kappa shape index (κ2) is 9.62. The van der Waals surface area contributed by atoms with E-state index in [-0.39, 0.29) is 11.8 Å². The van der Waals surface area contributed by atoms with E-state index >= 15 is 0 Å². The molecule has 0 spiro atoms. The van der Waals surface area contributed by atoms with Crippen molar-refractivity contribution in [3.8, 4) is 0 Å². The van der Waals surface area contributed by atoms with Crippen LogP contribution in [0.5, 0.6) is 0 Å². The number of benzene rings is 1. The lowest BCUT2D eigenvalue weighted by molar-refractivity contribution is -0.135. The standard InChI is InChI=1S/C22H32N4O2/c1-4-23-22(25-18-10-13-26(14-11-18)21(27)16(2)3)24-12-9-19-15-17-7-5-6-8-20(17)28-19/h5-8,15-16,18H,4,9-14H2,1-3H3,(H2,23,24,25). The summed E-state index contributed by atoms with van der Waals surface area (Å²) in [5.41, 5.74) is 0.925. The summed E-state index contributed by atoms with van der Waals surface area (Å²) in [7, 11) is 0. The number of guanidine groups is 1. The molecular formula is C22H32N4O2. The predicted molar refractivity (Wildman–Crippen MR) is 113 cm³/mol. The third-order valence-corrected chi connectivity index (χ3v) is 5.09. The molecule has 0 bridgehead atoms. The molecule has 1 amide bonds. The van der Waals surface area contributed by atoms with Gasteiger partial charge < -0.3 is 20.0 Å². The highest BCUT2D eigenvalue weighted by Gasteiger charge is 2.24. The van der Waals surface area contributed by atoms with Crippen LogP contribution < -0.4 is 10.6 Å². The maximum Gasteiger partial charge on any atom is 0.225 e. The Labute approximate surface area is 167 Å². The van der Waals surface area contributed by atoms with E-state index in [4.69, 9.17) is 9.41 Å². The Bertz CT molecular complexity index is 771. The van der Waals surface area contributed by atoms with E-state index in [1.807, 2.05) is 36.9 Å². The molecule has 1 aromatic carbocycles. The van der Waals surface area contributed by atoms with Gasteiger partial charge in [0.25, 0.3) is 0 Å². The lowest BCUT2D eigenvalue weighted by Gasteiger charge is -2.34. The van der Waals surface area contributed by atoms with Gasteiger partial charge in [0.15, 0.2) is 5.96 Å². The highest BCUT2D eigenvalue weighted by molar-refractivity contribution is 5.80. The van der Waals surface area contributed by atoms with Gasteiger partial charge in [-0.05, 0) is 31.9 Å². The van der Waals surface area contributed by atoms with Crippen LogP contribution in [0.1, 0.15) is 39.4 Å². The molecule has 28 heavy (non-hydrogen) atoms. The molecule has 0 unspecified atom stereocenters. The molecular weight excluding hydrogens is 352 g/mol. The first-order valence-electron chi connectivity index (χ1n) is 10.4. The lowest BCUT2D eigenvalue weighted by atomic mass is 10.0. The number of furan rings is 1. The second-order valence-electron chi connectivity index (χ2n) is 7.66. The van der Waals surface area contributed by atoms with E-state index in [0.29, 0.717) is 12.6 Å². The zero-order chi connectivity index (χ0) is 19.9. The van der Waals surface area contributed by atoms with Gasteiger partial charge in [0.1, 0.15) is 11.3 Å². The van der Waals surface area contributed by atoms with Crippen LogP contribution in [-0.4, -0.2) is 49.0 Å². The maximum absolute atomic E-state index is 12.1. The van der Waals surface area contributed by atoms with Crippen molar-refractivity contribution in [3.05, 3.63) is 36.1 Å². The third kappa shape index (κ3) is 5.27. The van der Waals surface area contributed by atoms with Crippen molar-refractivity contribution >= 4 is 22.8 Å². The number of carbonyl (C=O) groups is 1. The van der Waals surface area contributed by atoms with Crippen molar-refractivity contribution in [2.75, 3.05) is 26.2 Å². The summed E-state index contributed by atoms with van der Waals surface area (Å²) < 4.78 is 5.87. The zero-order valence-corrected chi connectivity index (χ0v) is 17.2. The van der Waals surface area contributed by atoms with Crippen LogP contribution in [0.25, 0.3) is 11.0 Å². The number of piperidine rings is 1. The van der Waals surface area contributed by atoms with Gasteiger partial charge in [-0.2, -0.15) is 0 Å². The first kappa shape index (κ1) is 20.2. The summed E-state index contributed by atoms with van der Waals surface area (Å²) in [5, 5.41) is 7.98. The van der Waals surface area contributed by atoms with Crippen molar-refractivity contribution in [2.24, 2.45) is 10.9 Å². The first-order valence-corrected chi connectivity index (χ1v) is 10.4. The van der Waals surface area contributed by atoms with Crippen LogP contribution in [0.15, 0.2) is 39.7 Å². The summed E-state index contributed by atoms with van der Waals surface area (Å²) in [6.07, 6.45) is 2.67. The van der Waals surface area contributed by atoms with E-state index in [0.717, 1.165) is 61.6 Å². The summed E-state index contributed by atoms with van der Waals surface area (Å²) in [4.78, 5) is 18.8. The number of amides is 1. The van der Waals surface area contributed by atoms with Crippen LogP contribution in [-0.2, 0) is 11.2 Å². The minimum absolute atomic E-state index is 0.0710. The smallest absolute Gasteiger partial charge is 0.225 e. The molecule has 0 aliphatic carbocycles. The minimum Gasteiger partial charge on any atom is -0.461 e. The monoisotopic (exact) mass is 384 g/mol. The molecule has 2 aromatic rings. The minimum atomic E-state index is 0.0710. The largest absolute Gasteiger partial charge is 0.461 e. The Kier molecular flexibility index (Phi) is 6.95. The number of rotatable bonds is 6. The molecule has 1 fully saturated rings. The molecule has 2 heterocycles. The van der Waals surface area contributed by atoms with Gasteiger partial charge in [-0.15, -0.1) is 0 Å². The molecule has 0 atom stereocenters. The fraction of sp³-hybridized carbons (Fsp3) is 0.545. The Hall–Kier alpha value is -2.50. The molecule has 0 radical (unpaired) electrons. The van der Waals surface area contributed by atoms with E-state index in [9.17, 15) is 4.79 Å². The topological polar surface area (TPSA) is 69.9 Å². The Morgan fingerprint density at radius 2 is 2.04 bits per heavy atom. The van der Waals surface area contributed by atoms with Gasteiger partial charge in [0.2, 0.25) is 5.91 Å². The highest BCUT2D eigenvalue weighted by atomic mass is 16.3. The highest BCUT2D eigenvalue weighted by Crippen LogP contribution is 2.19. The summed E-state index contributed by atoms with van der Waals surface area (Å²) >= 11 is 0. The molecule has 1 aromatic heterocycles. The molecule has 1 saturated heterocycles. The molecule has 1 aliphatic heterocycles. The fourth-order valence-corrected chi connectivity index (χ4v) is 3.56. The third-order valence-electron chi connectivity index (χ3n) is 5.09. The normalized spacial score (nSPS) is 16.0. The predicted octanol–water partition coefficient (Wildman–Crippen LogP) is 3.18. The fourth-order valence-electron chi connectivity index (χ4n) is 3.56. The van der Waals surface area contributed by atoms with Crippen LogP contribution >= 0.6 is 0 Å². The average molecular weight is 385 g/mol. The van der Waals surface area contributed by atoms with E-state index in [1.54, 1.807) is 0 Å². The number of nitrogens with one attached hydrogen (secondary N) is 2. The van der Waals surface area contributed by atoms with Crippen molar-refractivity contribution < 1.29 is 9.21 Å². The van der Waals surface area contributed by atoms with Crippen LogP contribution in [0.4, 0.5) is 0 Å². The van der Waals surface area contributed by atoms with Gasteiger partial charge in [0, 0.05) is 49.9 Å². The number of carbonyl (C=O) groups excluding carboxylic acids is 1. The van der Waals surface area contributed by atoms with Crippen molar-refractivity contribution in [1.82, 2.24) is 15.5 Å². The Morgan fingerprint density at radius 1 is 1.29 bits per heavy atom. The zero-order valence-electron chi connectivity index (χ0n) is 17.2. The number of hydrogen-bond donors (Lipinski definition) is 2. The van der Waals surface area contributed by atoms with Crippen LogP contribution in [0.3, 0.4) is 0 Å². The quantitative estimate of drug-likeness (QED) is 0.593. The van der Waals surface area contributed by atoms with Crippen LogP contribution in [0.2, 0.25) is 0 Å². The molecule has 152 valence electrons. The number of likely N-dealkylation sites (tertiary alicyclic amines) is 1. The maximum atomic E-state index is 12.1. The van der Waals surface area contributed by atoms with Crippen molar-refractivity contribution in [1.29, 1.82) is 0 Å². The number of para-hydroxylation sites is 1. The molecule has 6 nitrogen and oxygen atoms in total. The van der Waals surface area contributed by atoms with E-state index in [1.165, 1.54) is 0 Å². The van der Waals surface area contributed by atoms with Gasteiger partial charge in [-0.3, -0.25) is 9.79 Å². The van der Waals surface area contributed by atoms with Crippen LogP contribution in [0, 0.1) is 5.92 Å². The molecule has 3 rings (SSSR count). The number of fused-ring (bicyclic) bond motifs is 1. The summed E-state index contributed by atoms with van der Waals surface area (Å²) in [5.74, 6) is 2.13. The molecule has 6 heteroatoms. The van der Waals surface area contributed by atoms with E-state index < -0.39 is 0 Å². The van der Waals surface area contributed by atoms with Crippen molar-refractivity contribution in [2.45, 2.75) is 46.1 Å². The first-order chi connectivity index (χ1) is 13.6. The summed E-state index contributed by atoms with van der Waals surface area (Å²) in [6.45, 7) is 9.11. The summed E-state index contributed by atoms with van der Waals surface area (Å²) in [6, 6.07) is 10.5. The number of nitrogens with zero attached hydrogens (tertiary/aromatic N) is 2. The van der Waals surface area contributed by atoms with Crippen molar-refractivity contribution in [3.63, 3.8) is 0 Å². The lowest BCUT2D eigenvalue weighted by Crippen LogP contribution is -2.50. The van der Waals surface area contributed by atoms with Gasteiger partial charge in [-0.25, -0.2) is 0 Å². The Balaban J connectivity index is 1.51. The second-order valence-corrected chi connectivity index (χ2v) is 7.66. The average Bonchev–Trinajstić information content (AvgIpc) is 3.11.